The molecular weight excluding hydrogens is 1130 g/mol. The van der Waals surface area contributed by atoms with Crippen LogP contribution < -0.4 is 47.9 Å². The lowest BCUT2D eigenvalue weighted by atomic mass is 9.93. The van der Waals surface area contributed by atoms with E-state index in [2.05, 4.69) is 54.8 Å². The molecule has 9 N–H and O–H groups in total. The van der Waals surface area contributed by atoms with E-state index in [4.69, 9.17) is 4.74 Å². The summed E-state index contributed by atoms with van der Waals surface area (Å²) in [6.07, 6.45) is 2.96. The van der Waals surface area contributed by atoms with Crippen molar-refractivity contribution in [2.24, 2.45) is 35.5 Å². The normalized spacial score (nSPS) is 17.3. The molecule has 0 radical (unpaired) electrons. The van der Waals surface area contributed by atoms with E-state index in [1.165, 1.54) is 41.5 Å². The number of likely N-dealkylation sites (N-methyl/N-ethyl adjacent to an activating group) is 1. The van der Waals surface area contributed by atoms with Crippen LogP contribution in [0, 0.1) is 35.5 Å². The minimum atomic E-state index is -1.83. The third-order valence-electron chi connectivity index (χ3n) is 15.7. The average molecular weight is 1250 g/mol. The summed E-state index contributed by atoms with van der Waals surface area (Å²) in [6.45, 7) is 33.0. The van der Waals surface area contributed by atoms with Crippen LogP contribution >= 0.6 is 0 Å². The number of rotatable bonds is 39. The number of nitrogens with one attached hydrogen (secondary N) is 9. The molecule has 0 aromatic rings. The summed E-state index contributed by atoms with van der Waals surface area (Å²) in [7, 11) is 3.78. The van der Waals surface area contributed by atoms with Gasteiger partial charge >= 0.3 is 5.97 Å². The van der Waals surface area contributed by atoms with Gasteiger partial charge in [0, 0.05) is 58.3 Å². The minimum absolute atomic E-state index is 0.00258. The Balaban J connectivity index is 3.53. The van der Waals surface area contributed by atoms with Crippen LogP contribution in [0.15, 0.2) is 0 Å². The summed E-state index contributed by atoms with van der Waals surface area (Å²) in [5.74, 6) is -7.79. The Labute approximate surface area is 525 Å². The van der Waals surface area contributed by atoms with Crippen molar-refractivity contribution in [3.8, 4) is 0 Å². The van der Waals surface area contributed by atoms with Crippen LogP contribution in [0.1, 0.15) is 209 Å². The predicted octanol–water partition coefficient (Wildman–Crippen LogP) is 4.10. The monoisotopic (exact) mass is 1250 g/mol. The summed E-state index contributed by atoms with van der Waals surface area (Å²) >= 11 is 0. The Kier molecular flexibility index (Phi) is 33.6. The van der Waals surface area contributed by atoms with E-state index in [9.17, 15) is 57.5 Å². The van der Waals surface area contributed by atoms with Crippen molar-refractivity contribution in [1.82, 2.24) is 57.7 Å². The third-order valence-corrected chi connectivity index (χ3v) is 15.7. The summed E-state index contributed by atoms with van der Waals surface area (Å²) in [6, 6.07) is -6.36. The Morgan fingerprint density at radius 2 is 1.12 bits per heavy atom. The van der Waals surface area contributed by atoms with Gasteiger partial charge in [-0.3, -0.25) is 57.5 Å². The second kappa shape index (κ2) is 37.1. The van der Waals surface area contributed by atoms with E-state index < -0.39 is 112 Å². The molecule has 24 heteroatoms. The van der Waals surface area contributed by atoms with Crippen molar-refractivity contribution in [2.75, 3.05) is 33.7 Å². The maximum atomic E-state index is 14.8. The first-order valence-electron chi connectivity index (χ1n) is 32.0. The molecule has 0 unspecified atom stereocenters. The molecule has 0 aromatic carbocycles. The van der Waals surface area contributed by atoms with Crippen LogP contribution in [0.4, 0.5) is 0 Å². The van der Waals surface area contributed by atoms with Crippen LogP contribution in [0.25, 0.3) is 0 Å². The van der Waals surface area contributed by atoms with Crippen LogP contribution in [0.3, 0.4) is 0 Å². The number of hydrogen-bond acceptors (Lipinski definition) is 14. The van der Waals surface area contributed by atoms with Gasteiger partial charge in [0.05, 0.1) is 0 Å². The Morgan fingerprint density at radius 1 is 0.591 bits per heavy atom. The highest BCUT2D eigenvalue weighted by atomic mass is 16.5. The van der Waals surface area contributed by atoms with Gasteiger partial charge in [-0.1, -0.05) is 89.0 Å². The largest absolute Gasteiger partial charge is 0.460 e. The summed E-state index contributed by atoms with van der Waals surface area (Å²) in [5, 5.41) is 24.8. The van der Waals surface area contributed by atoms with Crippen LogP contribution in [-0.4, -0.2) is 173 Å². The number of ether oxygens (including phenoxy) is 1. The highest BCUT2D eigenvalue weighted by Gasteiger charge is 2.44. The molecule has 1 aliphatic heterocycles. The highest BCUT2D eigenvalue weighted by molar-refractivity contribution is 6.00. The molecule has 1 aliphatic rings. The number of hydrogen-bond donors (Lipinski definition) is 9. The fraction of sp³-hybridized carbons (Fsp3) is 0.812. The molecule has 0 aromatic heterocycles. The molecule has 10 amide bonds. The van der Waals surface area contributed by atoms with Gasteiger partial charge in [-0.05, 0) is 137 Å². The first-order valence-corrected chi connectivity index (χ1v) is 32.0. The molecule has 0 spiro atoms. The average Bonchev–Trinajstić information content (AvgIpc) is 3.83. The zero-order chi connectivity index (χ0) is 67.8. The molecule has 1 fully saturated rings. The number of carbonyl (C=O) groups excluding carboxylic acids is 12. The van der Waals surface area contributed by atoms with Gasteiger partial charge in [0.15, 0.2) is 0 Å². The van der Waals surface area contributed by atoms with E-state index in [0.29, 0.717) is 57.5 Å². The van der Waals surface area contributed by atoms with Gasteiger partial charge < -0.3 is 62.4 Å². The first-order chi connectivity index (χ1) is 40.6. The lowest BCUT2D eigenvalue weighted by Crippen LogP contribution is -2.66. The molecule has 0 bridgehead atoms. The molecule has 504 valence electrons. The minimum Gasteiger partial charge on any atom is -0.460 e. The van der Waals surface area contributed by atoms with Crippen LogP contribution in [0.5, 0.6) is 0 Å². The highest BCUT2D eigenvalue weighted by Crippen LogP contribution is 2.26. The first kappa shape index (κ1) is 79.8. The van der Waals surface area contributed by atoms with E-state index in [-0.39, 0.29) is 86.0 Å². The Morgan fingerprint density at radius 3 is 1.66 bits per heavy atom. The number of likely N-dealkylation sites (tertiary alicyclic amines) is 1. The van der Waals surface area contributed by atoms with Gasteiger partial charge in [-0.15, -0.1) is 0 Å². The molecule has 1 saturated heterocycles. The smallest absolute Gasteiger partial charge is 0.303 e. The fourth-order valence-electron chi connectivity index (χ4n) is 10.3. The molecule has 1 heterocycles. The van der Waals surface area contributed by atoms with Crippen molar-refractivity contribution in [1.29, 1.82) is 0 Å². The quantitative estimate of drug-likeness (QED) is 0.0392. The number of esters is 1. The zero-order valence-corrected chi connectivity index (χ0v) is 57.3. The van der Waals surface area contributed by atoms with Gasteiger partial charge in [0.1, 0.15) is 58.7 Å². The topological polar surface area (TPSA) is 329 Å². The van der Waals surface area contributed by atoms with Crippen LogP contribution in [-0.2, 0) is 62.3 Å². The second-order valence-corrected chi connectivity index (χ2v) is 27.8. The fourth-order valence-corrected chi connectivity index (χ4v) is 10.3. The molecule has 0 aliphatic carbocycles. The van der Waals surface area contributed by atoms with E-state index >= 15 is 0 Å². The molecular formula is C64H115N11O13. The Bertz CT molecular complexity index is 2370. The maximum absolute atomic E-state index is 14.8. The number of nitrogens with zero attached hydrogens (tertiary/aromatic N) is 2. The number of ketones is 1. The van der Waals surface area contributed by atoms with Gasteiger partial charge in [0.25, 0.3) is 0 Å². The lowest BCUT2D eigenvalue weighted by Gasteiger charge is -2.35. The van der Waals surface area contributed by atoms with Gasteiger partial charge in [0.2, 0.25) is 59.1 Å². The molecule has 1 rings (SSSR count). The van der Waals surface area contributed by atoms with Crippen LogP contribution in [0.2, 0.25) is 0 Å². The van der Waals surface area contributed by atoms with Crippen molar-refractivity contribution in [2.45, 2.75) is 268 Å². The van der Waals surface area contributed by atoms with E-state index in [1.54, 1.807) is 25.7 Å². The second-order valence-electron chi connectivity index (χ2n) is 27.8. The molecule has 0 saturated carbocycles. The molecule has 24 nitrogen and oxygen atoms in total. The van der Waals surface area contributed by atoms with Gasteiger partial charge in [-0.25, -0.2) is 0 Å². The number of carbonyl (C=O) groups is 12. The SMILES string of the molecule is CCC(=O)CCC[C@@H](C)C[C@H](NC(=O)[C@@H]1C[C@H](C)CN1C(=O)CC[C@@H](C)CC)C(=O)N[C@H](C(=O)NC(C)(C)C(=O)N[C@@H](CC(C)C)C(=O)N[C@@H](CC(C)C)C(=O)NC(C)(C)C(=O)NC(C)(C)C(=O)NCCC(=O)N[C@@H](C)CN(C)C)[C@H](OC(C)=O)C(C)C. The Hall–Kier alpha value is -6.20. The van der Waals surface area contributed by atoms with Gasteiger partial charge in [-0.2, -0.15) is 0 Å². The zero-order valence-electron chi connectivity index (χ0n) is 57.3. The van der Waals surface area contributed by atoms with E-state index in [0.717, 1.165) is 13.3 Å². The number of Topliss-reactive ketones (excluding diaryl/α,β-unsaturated/α-hetero) is 1. The van der Waals surface area contributed by atoms with Crippen molar-refractivity contribution in [3.63, 3.8) is 0 Å². The lowest BCUT2D eigenvalue weighted by molar-refractivity contribution is -0.154. The van der Waals surface area contributed by atoms with Crippen molar-refractivity contribution < 1.29 is 62.3 Å². The summed E-state index contributed by atoms with van der Waals surface area (Å²) < 4.78 is 5.70. The maximum Gasteiger partial charge on any atom is 0.303 e. The van der Waals surface area contributed by atoms with Crippen molar-refractivity contribution >= 4 is 70.8 Å². The molecule has 88 heavy (non-hydrogen) atoms. The third kappa shape index (κ3) is 28.5. The van der Waals surface area contributed by atoms with Crippen molar-refractivity contribution in [3.05, 3.63) is 0 Å². The predicted molar refractivity (Wildman–Crippen MR) is 338 cm³/mol. The molecule has 10 atom stereocenters. The number of amides is 10. The van der Waals surface area contributed by atoms with E-state index in [1.807, 2.05) is 74.4 Å². The summed E-state index contributed by atoms with van der Waals surface area (Å²) in [5.41, 5.74) is -4.93. The standard InChI is InChI=1S/C64H115N11O13/c1-22-40(9)27-28-51(79)75-35-42(11)34-49(75)57(83)68-48(33-41(10)25-24-26-45(77)23-2)55(81)70-52(53(39(7)8)88-44(13)76)58(84)72-63(16,17)60(86)69-46(31-37(3)4)54(80)67-47(32-38(5)6)56(82)71-64(18,19)61(87)73-62(14,15)59(85)65-30-29-50(78)66-43(12)36-74(20)21/h37-43,46-49,52-53H,22-36H2,1-21H3,(H,65,85)(H,66,78)(H,67,80)(H,68,83)(H,69,86)(H,70,81)(H,71,82)(H,72,84)(H,73,87)/t40-,41+,42-,43-,46-,47-,48-,49-,52-,53+/m0/s1. The summed E-state index contributed by atoms with van der Waals surface area (Å²) in [4.78, 5) is 168.